The summed E-state index contributed by atoms with van der Waals surface area (Å²) in [6, 6.07) is 68.1. The molecule has 11 rings (SSSR count). The molecule has 0 aliphatic heterocycles. The summed E-state index contributed by atoms with van der Waals surface area (Å²) in [5.74, 6) is 0.751. The fourth-order valence-electron chi connectivity index (χ4n) is 9.48. The lowest BCUT2D eigenvalue weighted by molar-refractivity contribution is 0.346. The highest BCUT2D eigenvalue weighted by molar-refractivity contribution is 6.00. The lowest BCUT2D eigenvalue weighted by Crippen LogP contribution is -2.30. The second-order valence-corrected chi connectivity index (χ2v) is 15.9. The standard InChI is InChI=1S/C55H41N3/c1-10-32-55(33-11-1,45-28-24-39(25-29-45)52-36-49(47-16-6-8-18-50(47)56-52)43-22-20-37-12-2-4-14-41(37)34-43)46-30-26-40(27-31-46)54-57-51-19-9-7-17-48(51)53(58-54)44-23-21-38-13-3-5-15-42(38)35-44/h2-9,12-31,34-36H,1,10-11,32-33H2. The van der Waals surface area contributed by atoms with Crippen LogP contribution in [0.2, 0.25) is 0 Å². The van der Waals surface area contributed by atoms with E-state index in [0.717, 1.165) is 63.2 Å². The molecule has 1 aliphatic rings. The molecule has 0 radical (unpaired) electrons. The van der Waals surface area contributed by atoms with Gasteiger partial charge in [-0.3, -0.25) is 0 Å². The quantitative estimate of drug-likeness (QED) is 0.170. The van der Waals surface area contributed by atoms with Crippen molar-refractivity contribution in [1.29, 1.82) is 0 Å². The highest BCUT2D eigenvalue weighted by atomic mass is 14.9. The van der Waals surface area contributed by atoms with E-state index in [1.807, 2.05) is 0 Å². The molecule has 0 saturated heterocycles. The minimum atomic E-state index is -0.0527. The molecule has 0 amide bonds. The SMILES string of the molecule is c1ccc2cc(-c3cc(-c4ccc(C5(c6ccc(-c7nc(-c8ccc9ccccc9c8)c8ccccc8n7)cc6)CCCCC5)cc4)nc4ccccc34)ccc2c1. The molecule has 1 aliphatic carbocycles. The van der Waals surface area contributed by atoms with Crippen molar-refractivity contribution in [3.05, 3.63) is 199 Å². The maximum atomic E-state index is 5.24. The van der Waals surface area contributed by atoms with Crippen LogP contribution in [0, 0.1) is 0 Å². The third-order valence-corrected chi connectivity index (χ3v) is 12.5. The van der Waals surface area contributed by atoms with E-state index in [4.69, 9.17) is 15.0 Å². The zero-order valence-corrected chi connectivity index (χ0v) is 32.3. The first-order valence-electron chi connectivity index (χ1n) is 20.6. The highest BCUT2D eigenvalue weighted by Crippen LogP contribution is 2.46. The molecule has 0 N–H and O–H groups in total. The predicted octanol–water partition coefficient (Wildman–Crippen LogP) is 14.4. The van der Waals surface area contributed by atoms with E-state index >= 15 is 0 Å². The van der Waals surface area contributed by atoms with Gasteiger partial charge in [0.2, 0.25) is 0 Å². The van der Waals surface area contributed by atoms with Gasteiger partial charge in [-0.15, -0.1) is 0 Å². The molecule has 2 heterocycles. The summed E-state index contributed by atoms with van der Waals surface area (Å²) in [7, 11) is 0. The zero-order chi connectivity index (χ0) is 38.5. The Balaban J connectivity index is 0.948. The van der Waals surface area contributed by atoms with E-state index in [2.05, 4.69) is 188 Å². The Morgan fingerprint density at radius 2 is 0.879 bits per heavy atom. The number of fused-ring (bicyclic) bond motifs is 4. The summed E-state index contributed by atoms with van der Waals surface area (Å²) in [6.07, 6.45) is 5.97. The van der Waals surface area contributed by atoms with Gasteiger partial charge in [-0.1, -0.05) is 177 Å². The number of aromatic nitrogens is 3. The van der Waals surface area contributed by atoms with Crippen LogP contribution in [-0.4, -0.2) is 15.0 Å². The molecule has 58 heavy (non-hydrogen) atoms. The van der Waals surface area contributed by atoms with Gasteiger partial charge in [0, 0.05) is 32.9 Å². The van der Waals surface area contributed by atoms with E-state index in [1.165, 1.54) is 68.4 Å². The van der Waals surface area contributed by atoms with Crippen molar-refractivity contribution in [2.45, 2.75) is 37.5 Å². The molecule has 3 heteroatoms. The zero-order valence-electron chi connectivity index (χ0n) is 32.3. The van der Waals surface area contributed by atoms with Gasteiger partial charge >= 0.3 is 0 Å². The maximum absolute atomic E-state index is 5.24. The van der Waals surface area contributed by atoms with Gasteiger partial charge in [-0.2, -0.15) is 0 Å². The Morgan fingerprint density at radius 3 is 1.55 bits per heavy atom. The Bertz CT molecular complexity index is 2930. The lowest BCUT2D eigenvalue weighted by Gasteiger charge is -2.39. The summed E-state index contributed by atoms with van der Waals surface area (Å²) in [5, 5.41) is 7.16. The molecule has 10 aromatic rings. The maximum Gasteiger partial charge on any atom is 0.160 e. The summed E-state index contributed by atoms with van der Waals surface area (Å²) in [6.45, 7) is 0. The molecule has 3 nitrogen and oxygen atoms in total. The Morgan fingerprint density at radius 1 is 0.362 bits per heavy atom. The molecule has 2 aromatic heterocycles. The van der Waals surface area contributed by atoms with Crippen molar-refractivity contribution < 1.29 is 0 Å². The Kier molecular flexibility index (Phi) is 8.40. The largest absolute Gasteiger partial charge is 0.248 e. The van der Waals surface area contributed by atoms with Crippen molar-refractivity contribution in [3.63, 3.8) is 0 Å². The van der Waals surface area contributed by atoms with Crippen LogP contribution in [0.3, 0.4) is 0 Å². The molecule has 276 valence electrons. The third-order valence-electron chi connectivity index (χ3n) is 12.5. The smallest absolute Gasteiger partial charge is 0.160 e. The Labute approximate surface area is 338 Å². The Hall–Kier alpha value is -6.97. The van der Waals surface area contributed by atoms with Crippen LogP contribution in [0.5, 0.6) is 0 Å². The summed E-state index contributed by atoms with van der Waals surface area (Å²) in [4.78, 5) is 15.5. The molecular weight excluding hydrogens is 703 g/mol. The minimum absolute atomic E-state index is 0.0527. The third kappa shape index (κ3) is 6.02. The number of benzene rings is 8. The van der Waals surface area contributed by atoms with Gasteiger partial charge in [0.05, 0.1) is 22.4 Å². The average molecular weight is 744 g/mol. The van der Waals surface area contributed by atoms with E-state index in [0.29, 0.717) is 0 Å². The molecule has 8 aromatic carbocycles. The van der Waals surface area contributed by atoms with Crippen LogP contribution in [-0.2, 0) is 5.41 Å². The highest BCUT2D eigenvalue weighted by Gasteiger charge is 2.35. The second kappa shape index (κ2) is 14.2. The van der Waals surface area contributed by atoms with Crippen LogP contribution in [0.4, 0.5) is 0 Å². The van der Waals surface area contributed by atoms with E-state index < -0.39 is 0 Å². The number of hydrogen-bond donors (Lipinski definition) is 0. The monoisotopic (exact) mass is 743 g/mol. The first-order valence-corrected chi connectivity index (χ1v) is 20.6. The molecule has 1 fully saturated rings. The minimum Gasteiger partial charge on any atom is -0.248 e. The van der Waals surface area contributed by atoms with Crippen LogP contribution >= 0.6 is 0 Å². The van der Waals surface area contributed by atoms with E-state index in [9.17, 15) is 0 Å². The van der Waals surface area contributed by atoms with Gasteiger partial charge < -0.3 is 0 Å². The lowest BCUT2D eigenvalue weighted by atomic mass is 9.65. The first-order chi connectivity index (χ1) is 28.7. The van der Waals surface area contributed by atoms with Crippen molar-refractivity contribution in [1.82, 2.24) is 15.0 Å². The summed E-state index contributed by atoms with van der Waals surface area (Å²) < 4.78 is 0. The first kappa shape index (κ1) is 34.3. The van der Waals surface area contributed by atoms with Gasteiger partial charge in [0.1, 0.15) is 0 Å². The number of para-hydroxylation sites is 2. The van der Waals surface area contributed by atoms with Crippen LogP contribution in [0.15, 0.2) is 188 Å². The van der Waals surface area contributed by atoms with Crippen LogP contribution < -0.4 is 0 Å². The van der Waals surface area contributed by atoms with Crippen molar-refractivity contribution in [2.24, 2.45) is 0 Å². The summed E-state index contributed by atoms with van der Waals surface area (Å²) >= 11 is 0. The van der Waals surface area contributed by atoms with Crippen molar-refractivity contribution >= 4 is 43.4 Å². The number of hydrogen-bond acceptors (Lipinski definition) is 3. The average Bonchev–Trinajstić information content (AvgIpc) is 3.31. The molecule has 1 saturated carbocycles. The van der Waals surface area contributed by atoms with Crippen LogP contribution in [0.25, 0.3) is 88.4 Å². The number of pyridine rings is 1. The normalized spacial score (nSPS) is 14.0. The van der Waals surface area contributed by atoms with Gasteiger partial charge in [0.25, 0.3) is 0 Å². The molecule has 0 bridgehead atoms. The fourth-order valence-corrected chi connectivity index (χ4v) is 9.48. The predicted molar refractivity (Wildman–Crippen MR) is 242 cm³/mol. The van der Waals surface area contributed by atoms with E-state index in [-0.39, 0.29) is 5.41 Å². The van der Waals surface area contributed by atoms with Gasteiger partial charge in [-0.05, 0) is 87.0 Å². The van der Waals surface area contributed by atoms with Crippen LogP contribution in [0.1, 0.15) is 43.2 Å². The fraction of sp³-hybridized carbons (Fsp3) is 0.109. The molecule has 0 atom stereocenters. The number of rotatable bonds is 6. The van der Waals surface area contributed by atoms with Crippen molar-refractivity contribution in [3.8, 4) is 45.0 Å². The van der Waals surface area contributed by atoms with Gasteiger partial charge in [0.15, 0.2) is 5.82 Å². The second-order valence-electron chi connectivity index (χ2n) is 15.9. The summed E-state index contributed by atoms with van der Waals surface area (Å²) in [5.41, 5.74) is 12.3. The van der Waals surface area contributed by atoms with E-state index in [1.54, 1.807) is 0 Å². The number of nitrogens with zero attached hydrogens (tertiary/aromatic N) is 3. The molecule has 0 unspecified atom stereocenters. The molecular formula is C55H41N3. The van der Waals surface area contributed by atoms with Gasteiger partial charge in [-0.25, -0.2) is 15.0 Å². The topological polar surface area (TPSA) is 38.7 Å². The van der Waals surface area contributed by atoms with Crippen molar-refractivity contribution in [2.75, 3.05) is 0 Å². The molecule has 0 spiro atoms.